The van der Waals surface area contributed by atoms with Crippen LogP contribution in [0.2, 0.25) is 0 Å². The van der Waals surface area contributed by atoms with Gasteiger partial charge in [-0.15, -0.1) is 0 Å². The number of aromatic carboxylic acids is 1. The van der Waals surface area contributed by atoms with Gasteiger partial charge in [0.05, 0.1) is 38.0 Å². The van der Waals surface area contributed by atoms with E-state index in [0.29, 0.717) is 47.0 Å². The number of halogens is 6. The highest BCUT2D eigenvalue weighted by molar-refractivity contribution is 6.15. The van der Waals surface area contributed by atoms with E-state index >= 15 is 0 Å². The molecule has 496 valence electrons. The zero-order valence-electron chi connectivity index (χ0n) is 50.9. The highest BCUT2D eigenvalue weighted by Crippen LogP contribution is 2.25. The lowest BCUT2D eigenvalue weighted by molar-refractivity contribution is -0.156. The zero-order valence-corrected chi connectivity index (χ0v) is 50.9. The van der Waals surface area contributed by atoms with Gasteiger partial charge >= 0.3 is 30.3 Å². The summed E-state index contributed by atoms with van der Waals surface area (Å²) < 4.78 is 79.0. The van der Waals surface area contributed by atoms with Crippen LogP contribution < -0.4 is 38.1 Å². The number of benzene rings is 5. The molecule has 5 aromatic carbocycles. The van der Waals surface area contributed by atoms with Crippen LogP contribution in [0.5, 0.6) is 0 Å². The summed E-state index contributed by atoms with van der Waals surface area (Å²) in [5.41, 5.74) is 11.8. The number of carbonyl (C=O) groups is 11. The molecular formula is C63H83F6N7O14. The minimum atomic E-state index is -4.44. The minimum absolute atomic E-state index is 0. The molecule has 0 aromatic heterocycles. The summed E-state index contributed by atoms with van der Waals surface area (Å²) in [4.78, 5) is 123. The number of ether oxygens (including phenoxy) is 2. The van der Waals surface area contributed by atoms with Crippen molar-refractivity contribution in [2.45, 2.75) is 126 Å². The normalized spacial score (nSPS) is 10.4. The smallest absolute Gasteiger partial charge is 0.405 e. The van der Waals surface area contributed by atoms with Gasteiger partial charge in [-0.1, -0.05) is 93.2 Å². The molecule has 0 saturated heterocycles. The number of esters is 2. The lowest BCUT2D eigenvalue weighted by atomic mass is 9.97. The molecule has 0 aliphatic carbocycles. The van der Waals surface area contributed by atoms with Crippen molar-refractivity contribution in [2.24, 2.45) is 11.5 Å². The Hall–Kier alpha value is -9.11. The Balaban J connectivity index is 0. The SMILES string of the molecule is C.CC(=O)c1ccc(C(=O)O)c2ccccc12.CC(C)(C)OC(=O)CCC(=O)NCC(F)(F)F.CCCC(=O)CNC(=O)c1ccc(C(C)=O)c2ccccc12.CCNC(=O)CCC(=O)OCc1ccccc1.CCNC(=O)CN.NCC(=O)NCC(F)(F)F. The van der Waals surface area contributed by atoms with E-state index in [9.17, 15) is 79.1 Å². The number of hydrogen-bond acceptors (Lipinski definition) is 15. The molecule has 0 atom stereocenters. The van der Waals surface area contributed by atoms with Crippen LogP contribution in [0.4, 0.5) is 26.3 Å². The van der Waals surface area contributed by atoms with E-state index in [4.69, 9.17) is 26.0 Å². The number of nitrogens with two attached hydrogens (primary N) is 2. The molecule has 0 unspecified atom stereocenters. The second kappa shape index (κ2) is 43.5. The molecule has 10 N–H and O–H groups in total. The molecule has 5 amide bonds. The quantitative estimate of drug-likeness (QED) is 0.0182. The Kier molecular flexibility index (Phi) is 40.1. The Morgan fingerprint density at radius 1 is 0.478 bits per heavy atom. The molecule has 5 rings (SSSR count). The van der Waals surface area contributed by atoms with Gasteiger partial charge in [0.15, 0.2) is 17.3 Å². The second-order valence-electron chi connectivity index (χ2n) is 19.6. The van der Waals surface area contributed by atoms with Gasteiger partial charge in [0.25, 0.3) is 5.91 Å². The molecular weight excluding hydrogens is 1190 g/mol. The maximum Gasteiger partial charge on any atom is 0.405 e. The number of alkyl halides is 6. The second-order valence-corrected chi connectivity index (χ2v) is 19.6. The first-order valence-electron chi connectivity index (χ1n) is 27.7. The number of nitrogens with one attached hydrogen (secondary N) is 5. The van der Waals surface area contributed by atoms with Crippen LogP contribution in [0.1, 0.15) is 148 Å². The van der Waals surface area contributed by atoms with Crippen molar-refractivity contribution < 1.29 is 93.7 Å². The summed E-state index contributed by atoms with van der Waals surface area (Å²) in [6.45, 7) is 12.1. The number of amides is 5. The molecule has 0 bridgehead atoms. The van der Waals surface area contributed by atoms with Crippen molar-refractivity contribution in [1.82, 2.24) is 26.6 Å². The fourth-order valence-corrected chi connectivity index (χ4v) is 6.98. The monoisotopic (exact) mass is 1280 g/mol. The van der Waals surface area contributed by atoms with Gasteiger partial charge in [-0.25, -0.2) is 4.79 Å². The lowest BCUT2D eigenvalue weighted by Gasteiger charge is -2.19. The van der Waals surface area contributed by atoms with Crippen molar-refractivity contribution in [1.29, 1.82) is 0 Å². The molecule has 0 spiro atoms. The molecule has 0 heterocycles. The van der Waals surface area contributed by atoms with Crippen LogP contribution in [0, 0.1) is 0 Å². The van der Waals surface area contributed by atoms with Crippen molar-refractivity contribution in [3.63, 3.8) is 0 Å². The zero-order chi connectivity index (χ0) is 67.9. The Morgan fingerprint density at radius 3 is 1.26 bits per heavy atom. The molecule has 0 aliphatic rings. The Bertz CT molecular complexity index is 3080. The van der Waals surface area contributed by atoms with Crippen molar-refractivity contribution >= 4 is 86.3 Å². The molecule has 90 heavy (non-hydrogen) atoms. The lowest BCUT2D eigenvalue weighted by Crippen LogP contribution is -2.37. The largest absolute Gasteiger partial charge is 0.478 e. The average Bonchev–Trinajstić information content (AvgIpc) is 2.01. The molecule has 21 nitrogen and oxygen atoms in total. The van der Waals surface area contributed by atoms with Crippen molar-refractivity contribution in [3.05, 3.63) is 131 Å². The van der Waals surface area contributed by atoms with Crippen molar-refractivity contribution in [2.75, 3.05) is 45.8 Å². The summed E-state index contributed by atoms with van der Waals surface area (Å²) in [6, 6.07) is 30.1. The van der Waals surface area contributed by atoms with E-state index < -0.39 is 61.3 Å². The standard InChI is InChI=1S/C18H19NO3.C13H17NO3.C13H10O3.C10H16F3NO3.C4H7F3N2O.C4H10N2O.CH4/c1-3-6-13(21)11-19-18(22)17-10-9-14(12(2)20)15-7-4-5-8-16(15)17;1-2-14-12(15)8-9-13(16)17-10-11-6-4-3-5-7-11;1-8(14)9-6-7-12(13(15)16)11-5-3-2-4-10(9)11;1-9(2,3)17-8(16)5-4-7(15)14-6-10(11,12)13;5-4(6,7)2-9-3(10)1-8;1-2-6-4(7)3-5;/h4-5,7-10H,3,6,11H2,1-2H3,(H,19,22);3-7H,2,8-10H2,1H3,(H,14,15);2-7H,1H3,(H,15,16);4-6H2,1-3H3,(H,14,15);1-2,8H2,(H,9,10);2-3,5H2,1H3,(H,6,7);1H4. The Labute approximate surface area is 519 Å². The number of Topliss-reactive ketones (excluding diaryl/α,β-unsaturated/α-hetero) is 3. The van der Waals surface area contributed by atoms with Gasteiger partial charge in [-0.3, -0.25) is 47.9 Å². The molecule has 0 fully saturated rings. The number of hydrogen-bond donors (Lipinski definition) is 8. The first-order valence-corrected chi connectivity index (χ1v) is 27.7. The predicted molar refractivity (Wildman–Crippen MR) is 328 cm³/mol. The molecule has 27 heteroatoms. The molecule has 0 aliphatic heterocycles. The van der Waals surface area contributed by atoms with E-state index in [0.717, 1.165) is 22.8 Å². The summed E-state index contributed by atoms with van der Waals surface area (Å²) in [5.74, 6) is -4.17. The van der Waals surface area contributed by atoms with Gasteiger partial charge in [0.2, 0.25) is 23.6 Å². The van der Waals surface area contributed by atoms with E-state index in [1.807, 2.05) is 75.4 Å². The van der Waals surface area contributed by atoms with Crippen molar-refractivity contribution in [3.8, 4) is 0 Å². The number of carbonyl (C=O) groups excluding carboxylic acids is 10. The minimum Gasteiger partial charge on any atom is -0.478 e. The summed E-state index contributed by atoms with van der Waals surface area (Å²) in [5, 5.41) is 22.8. The first-order chi connectivity index (χ1) is 41.6. The van der Waals surface area contributed by atoms with E-state index in [-0.39, 0.29) is 99.4 Å². The fourth-order valence-electron chi connectivity index (χ4n) is 6.98. The topological polar surface area (TPSA) is 339 Å². The van der Waals surface area contributed by atoms with E-state index in [1.54, 1.807) is 73.9 Å². The van der Waals surface area contributed by atoms with Gasteiger partial charge in [-0.05, 0) is 106 Å². The fraction of sp³-hybridized carbons (Fsp3) is 0.413. The van der Waals surface area contributed by atoms with Gasteiger partial charge in [0.1, 0.15) is 25.3 Å². The number of carboxylic acid groups (broad SMARTS) is 1. The maximum absolute atomic E-state index is 12.3. The number of likely N-dealkylation sites (N-methyl/N-ethyl adjacent to an activating group) is 1. The molecule has 5 aromatic rings. The molecule has 0 radical (unpaired) electrons. The third-order valence-electron chi connectivity index (χ3n) is 10.9. The van der Waals surface area contributed by atoms with Crippen LogP contribution in [0.3, 0.4) is 0 Å². The van der Waals surface area contributed by atoms with Gasteiger partial charge < -0.3 is 52.6 Å². The summed E-state index contributed by atoms with van der Waals surface area (Å²) in [6.07, 6.45) is -7.81. The highest BCUT2D eigenvalue weighted by Gasteiger charge is 2.28. The molecule has 0 saturated carbocycles. The van der Waals surface area contributed by atoms with Crippen LogP contribution in [0.25, 0.3) is 21.5 Å². The number of fused-ring (bicyclic) bond motifs is 2. The number of carboxylic acids is 1. The first kappa shape index (κ1) is 83.0. The average molecular weight is 1280 g/mol. The number of rotatable bonds is 22. The van der Waals surface area contributed by atoms with Crippen LogP contribution >= 0.6 is 0 Å². The van der Waals surface area contributed by atoms with Crippen LogP contribution in [0.15, 0.2) is 103 Å². The van der Waals surface area contributed by atoms with Gasteiger partial charge in [0, 0.05) is 49.0 Å². The van der Waals surface area contributed by atoms with Crippen LogP contribution in [-0.4, -0.2) is 134 Å². The van der Waals surface area contributed by atoms with E-state index in [1.165, 1.54) is 19.9 Å². The predicted octanol–water partition coefficient (Wildman–Crippen LogP) is 8.66. The van der Waals surface area contributed by atoms with Gasteiger partial charge in [-0.2, -0.15) is 26.3 Å². The highest BCUT2D eigenvalue weighted by atomic mass is 19.4. The summed E-state index contributed by atoms with van der Waals surface area (Å²) in [7, 11) is 0. The van der Waals surface area contributed by atoms with E-state index in [2.05, 4.69) is 16.0 Å². The third-order valence-corrected chi connectivity index (χ3v) is 10.9. The summed E-state index contributed by atoms with van der Waals surface area (Å²) >= 11 is 0. The third kappa shape index (κ3) is 37.6. The van der Waals surface area contributed by atoms with Crippen LogP contribution in [-0.2, 0) is 49.6 Å². The maximum atomic E-state index is 12.3. The number of ketones is 3. The Morgan fingerprint density at radius 2 is 0.856 bits per heavy atom.